The van der Waals surface area contributed by atoms with Crippen LogP contribution in [0.4, 0.5) is 0 Å². The van der Waals surface area contributed by atoms with Gasteiger partial charge in [0.1, 0.15) is 0 Å². The van der Waals surface area contributed by atoms with Gasteiger partial charge in [-0.1, -0.05) is 36.4 Å². The van der Waals surface area contributed by atoms with Gasteiger partial charge >= 0.3 is 0 Å². The summed E-state index contributed by atoms with van der Waals surface area (Å²) in [4.78, 5) is 10.5. The van der Waals surface area contributed by atoms with E-state index in [0.29, 0.717) is 5.70 Å². The van der Waals surface area contributed by atoms with Crippen molar-refractivity contribution in [3.8, 4) is 0 Å². The first-order valence-corrected chi connectivity index (χ1v) is 5.26. The van der Waals surface area contributed by atoms with Crippen molar-refractivity contribution in [3.05, 3.63) is 47.7 Å². The molecule has 0 aliphatic rings. The molecule has 15 heavy (non-hydrogen) atoms. The second-order valence-electron chi connectivity index (χ2n) is 3.38. The normalized spacial score (nSPS) is 11.1. The molecule has 0 aromatic heterocycles. The van der Waals surface area contributed by atoms with E-state index < -0.39 is 0 Å². The highest BCUT2D eigenvalue weighted by atomic mass is 16.1. The fraction of sp³-hybridized carbons (Fsp3) is 0.308. The van der Waals surface area contributed by atoms with Crippen LogP contribution in [0.2, 0.25) is 0 Å². The van der Waals surface area contributed by atoms with Crippen molar-refractivity contribution in [2.75, 3.05) is 6.54 Å². The van der Waals surface area contributed by atoms with Gasteiger partial charge in [0.05, 0.1) is 5.70 Å². The van der Waals surface area contributed by atoms with Crippen LogP contribution in [-0.4, -0.2) is 12.8 Å². The van der Waals surface area contributed by atoms with Crippen LogP contribution in [0.15, 0.2) is 42.1 Å². The fourth-order valence-electron chi connectivity index (χ4n) is 1.38. The number of aldehydes is 1. The molecular formula is C13H17NO. The van der Waals surface area contributed by atoms with Gasteiger partial charge in [0.15, 0.2) is 6.29 Å². The zero-order chi connectivity index (χ0) is 10.9. The maximum Gasteiger partial charge on any atom is 0.165 e. The lowest BCUT2D eigenvalue weighted by atomic mass is 10.1. The molecule has 0 radical (unpaired) electrons. The molecule has 0 spiro atoms. The van der Waals surface area contributed by atoms with Crippen molar-refractivity contribution in [1.29, 1.82) is 0 Å². The van der Waals surface area contributed by atoms with Crippen molar-refractivity contribution in [1.82, 2.24) is 5.32 Å². The molecule has 0 aliphatic heterocycles. The van der Waals surface area contributed by atoms with Gasteiger partial charge in [-0.2, -0.15) is 0 Å². The average Bonchev–Trinajstić information content (AvgIpc) is 2.31. The minimum Gasteiger partial charge on any atom is -0.383 e. The van der Waals surface area contributed by atoms with Gasteiger partial charge in [0.2, 0.25) is 0 Å². The Hall–Kier alpha value is -1.57. The maximum absolute atomic E-state index is 10.5. The van der Waals surface area contributed by atoms with Gasteiger partial charge < -0.3 is 5.32 Å². The number of rotatable bonds is 6. The van der Waals surface area contributed by atoms with E-state index in [1.54, 1.807) is 6.08 Å². The van der Waals surface area contributed by atoms with Gasteiger partial charge in [0.25, 0.3) is 0 Å². The number of allylic oxidation sites excluding steroid dienone is 2. The van der Waals surface area contributed by atoms with Crippen LogP contribution in [0.5, 0.6) is 0 Å². The fourth-order valence-corrected chi connectivity index (χ4v) is 1.38. The smallest absolute Gasteiger partial charge is 0.165 e. The van der Waals surface area contributed by atoms with Crippen LogP contribution in [0, 0.1) is 0 Å². The van der Waals surface area contributed by atoms with E-state index in [9.17, 15) is 4.79 Å². The number of carbonyl (C=O) groups excluding carboxylic acids is 1. The Bertz CT molecular complexity index is 317. The molecule has 0 bridgehead atoms. The minimum absolute atomic E-state index is 0.670. The third-order valence-corrected chi connectivity index (χ3v) is 2.25. The molecule has 0 atom stereocenters. The molecule has 0 saturated carbocycles. The van der Waals surface area contributed by atoms with Gasteiger partial charge in [-0.3, -0.25) is 4.79 Å². The lowest BCUT2D eigenvalue weighted by Crippen LogP contribution is -2.16. The van der Waals surface area contributed by atoms with Crippen molar-refractivity contribution >= 4 is 6.29 Å². The van der Waals surface area contributed by atoms with E-state index in [4.69, 9.17) is 0 Å². The molecule has 80 valence electrons. The summed E-state index contributed by atoms with van der Waals surface area (Å²) in [6.07, 6.45) is 4.72. The van der Waals surface area contributed by atoms with Crippen molar-refractivity contribution in [3.63, 3.8) is 0 Å². The lowest BCUT2D eigenvalue weighted by Gasteiger charge is -2.04. The van der Waals surface area contributed by atoms with Crippen LogP contribution in [0.3, 0.4) is 0 Å². The Morgan fingerprint density at radius 1 is 1.33 bits per heavy atom. The van der Waals surface area contributed by atoms with E-state index in [1.165, 1.54) is 5.56 Å². The monoisotopic (exact) mass is 203 g/mol. The molecule has 2 nitrogen and oxygen atoms in total. The topological polar surface area (TPSA) is 29.1 Å². The second-order valence-corrected chi connectivity index (χ2v) is 3.38. The predicted molar refractivity (Wildman–Crippen MR) is 62.6 cm³/mol. The number of carbonyl (C=O) groups is 1. The van der Waals surface area contributed by atoms with E-state index in [-0.39, 0.29) is 0 Å². The highest BCUT2D eigenvalue weighted by Crippen LogP contribution is 2.01. The Morgan fingerprint density at radius 2 is 2.07 bits per heavy atom. The van der Waals surface area contributed by atoms with Crippen molar-refractivity contribution in [2.24, 2.45) is 0 Å². The second kappa shape index (κ2) is 6.82. The van der Waals surface area contributed by atoms with Gasteiger partial charge in [-0.05, 0) is 25.3 Å². The molecular weight excluding hydrogens is 186 g/mol. The SMILES string of the molecule is C/C=C(\C=O)NCCCc1ccccc1. The van der Waals surface area contributed by atoms with Gasteiger partial charge in [-0.25, -0.2) is 0 Å². The summed E-state index contributed by atoms with van der Waals surface area (Å²) < 4.78 is 0. The van der Waals surface area contributed by atoms with Crippen LogP contribution < -0.4 is 5.32 Å². The Kier molecular flexibility index (Phi) is 5.23. The van der Waals surface area contributed by atoms with E-state index >= 15 is 0 Å². The van der Waals surface area contributed by atoms with Crippen LogP contribution >= 0.6 is 0 Å². The Labute approximate surface area is 91.0 Å². The van der Waals surface area contributed by atoms with Gasteiger partial charge in [-0.15, -0.1) is 0 Å². The summed E-state index contributed by atoms with van der Waals surface area (Å²) in [5.74, 6) is 0. The summed E-state index contributed by atoms with van der Waals surface area (Å²) in [6, 6.07) is 10.4. The molecule has 1 rings (SSSR count). The number of aryl methyl sites for hydroxylation is 1. The lowest BCUT2D eigenvalue weighted by molar-refractivity contribution is -0.105. The van der Waals surface area contributed by atoms with E-state index in [1.807, 2.05) is 25.1 Å². The van der Waals surface area contributed by atoms with E-state index in [0.717, 1.165) is 25.7 Å². The van der Waals surface area contributed by atoms with Crippen LogP contribution in [0.1, 0.15) is 18.9 Å². The first-order valence-electron chi connectivity index (χ1n) is 5.26. The quantitative estimate of drug-likeness (QED) is 0.436. The predicted octanol–water partition coefficient (Wildman–Crippen LogP) is 2.31. The zero-order valence-electron chi connectivity index (χ0n) is 9.07. The van der Waals surface area contributed by atoms with Crippen LogP contribution in [-0.2, 0) is 11.2 Å². The first kappa shape index (κ1) is 11.5. The third kappa shape index (κ3) is 4.45. The number of benzene rings is 1. The molecule has 0 amide bonds. The summed E-state index contributed by atoms with van der Waals surface area (Å²) in [5, 5.41) is 3.08. The molecule has 2 heteroatoms. The molecule has 1 aromatic rings. The molecule has 1 N–H and O–H groups in total. The molecule has 0 saturated heterocycles. The summed E-state index contributed by atoms with van der Waals surface area (Å²) in [7, 11) is 0. The van der Waals surface area contributed by atoms with E-state index in [2.05, 4.69) is 17.4 Å². The van der Waals surface area contributed by atoms with Crippen molar-refractivity contribution < 1.29 is 4.79 Å². The highest BCUT2D eigenvalue weighted by molar-refractivity contribution is 5.71. The standard InChI is InChI=1S/C13H17NO/c1-2-13(11-15)14-10-6-9-12-7-4-3-5-8-12/h2-5,7-8,11,14H,6,9-10H2,1H3/b13-2+. The first-order chi connectivity index (χ1) is 7.36. The molecule has 0 aliphatic carbocycles. The summed E-state index contributed by atoms with van der Waals surface area (Å²) >= 11 is 0. The summed E-state index contributed by atoms with van der Waals surface area (Å²) in [5.41, 5.74) is 2.01. The highest BCUT2D eigenvalue weighted by Gasteiger charge is 1.93. The molecule has 0 unspecified atom stereocenters. The third-order valence-electron chi connectivity index (χ3n) is 2.25. The molecule has 1 aromatic carbocycles. The van der Waals surface area contributed by atoms with Crippen molar-refractivity contribution in [2.45, 2.75) is 19.8 Å². The zero-order valence-corrected chi connectivity index (χ0v) is 9.07. The largest absolute Gasteiger partial charge is 0.383 e. The molecule has 0 heterocycles. The number of hydrogen-bond acceptors (Lipinski definition) is 2. The Balaban J connectivity index is 2.20. The average molecular weight is 203 g/mol. The van der Waals surface area contributed by atoms with Crippen LogP contribution in [0.25, 0.3) is 0 Å². The molecule has 0 fully saturated rings. The number of nitrogens with one attached hydrogen (secondary N) is 1. The van der Waals surface area contributed by atoms with Gasteiger partial charge in [0, 0.05) is 6.54 Å². The minimum atomic E-state index is 0.670. The maximum atomic E-state index is 10.5. The Morgan fingerprint density at radius 3 is 2.67 bits per heavy atom. The number of hydrogen-bond donors (Lipinski definition) is 1. The summed E-state index contributed by atoms with van der Waals surface area (Å²) in [6.45, 7) is 2.70.